The Morgan fingerprint density at radius 2 is 1.67 bits per heavy atom. The Labute approximate surface area is 124 Å². The minimum Gasteiger partial charge on any atom is -0.741 e. The summed E-state index contributed by atoms with van der Waals surface area (Å²) in [4.78, 5) is 0. The largest absolute Gasteiger partial charge is 0.741 e. The van der Waals surface area contributed by atoms with E-state index in [4.69, 9.17) is 24.6 Å². The highest BCUT2D eigenvalue weighted by Gasteiger charge is 2.36. The second-order valence-corrected chi connectivity index (χ2v) is 5.94. The molecule has 0 aliphatic carbocycles. The molecular weight excluding hydrogens is 331 g/mol. The molecule has 0 fully saturated rings. The Balaban J connectivity index is 0.000000240. The highest BCUT2D eigenvalue weighted by molar-refractivity contribution is 7.86. The van der Waals surface area contributed by atoms with Crippen LogP contribution in [0.5, 0.6) is 0 Å². The Bertz CT molecular complexity index is 755. The average molecular weight is 342 g/mol. The number of fused-ring (bicyclic) bond motifs is 1. The standard InChI is InChI=1S/C11H11ClN.CHF3O3S/c1-8-3-4-9-5-6-10(12)7-11(9)13(8)2;2-1(3,4)8(5,6)7/h3-7H,1-2H3;(H,5,6,7)/q+1;/p-1. The summed E-state index contributed by atoms with van der Waals surface area (Å²) in [5, 5.41) is 2.01. The summed E-state index contributed by atoms with van der Waals surface area (Å²) < 4.78 is 61.0. The number of aryl methyl sites for hydroxylation is 2. The summed E-state index contributed by atoms with van der Waals surface area (Å²) in [7, 11) is -4.04. The topological polar surface area (TPSA) is 61.1 Å². The highest BCUT2D eigenvalue weighted by atomic mass is 35.5. The lowest BCUT2D eigenvalue weighted by molar-refractivity contribution is -0.651. The van der Waals surface area contributed by atoms with Crippen molar-refractivity contribution in [1.29, 1.82) is 0 Å². The summed E-state index contributed by atoms with van der Waals surface area (Å²) in [5.74, 6) is 0. The van der Waals surface area contributed by atoms with E-state index in [-0.39, 0.29) is 0 Å². The lowest BCUT2D eigenvalue weighted by Gasteiger charge is -2.08. The number of hydrogen-bond acceptors (Lipinski definition) is 3. The molecule has 116 valence electrons. The lowest BCUT2D eigenvalue weighted by Crippen LogP contribution is -2.32. The minimum absolute atomic E-state index is 0.786. The fourth-order valence-electron chi connectivity index (χ4n) is 1.46. The zero-order valence-electron chi connectivity index (χ0n) is 11.0. The Morgan fingerprint density at radius 3 is 2.14 bits per heavy atom. The summed E-state index contributed by atoms with van der Waals surface area (Å²) in [6, 6.07) is 10.2. The molecule has 0 saturated heterocycles. The number of halogens is 4. The van der Waals surface area contributed by atoms with E-state index in [0.29, 0.717) is 0 Å². The van der Waals surface area contributed by atoms with Crippen molar-refractivity contribution in [3.8, 4) is 0 Å². The zero-order valence-corrected chi connectivity index (χ0v) is 12.6. The SMILES string of the molecule is Cc1ccc2ccc(Cl)cc2[n+]1C.O=S(=O)([O-])C(F)(F)F. The van der Waals surface area contributed by atoms with Crippen LogP contribution in [0.25, 0.3) is 10.9 Å². The predicted molar refractivity (Wildman–Crippen MR) is 70.6 cm³/mol. The Morgan fingerprint density at radius 1 is 1.19 bits per heavy atom. The average Bonchev–Trinajstić information content (AvgIpc) is 2.33. The van der Waals surface area contributed by atoms with Gasteiger partial charge < -0.3 is 4.55 Å². The van der Waals surface area contributed by atoms with Gasteiger partial charge in [-0.15, -0.1) is 0 Å². The van der Waals surface area contributed by atoms with Crippen LogP contribution in [0.15, 0.2) is 30.3 Å². The maximum atomic E-state index is 10.7. The van der Waals surface area contributed by atoms with E-state index in [0.717, 1.165) is 5.02 Å². The zero-order chi connectivity index (χ0) is 16.4. The molecular formula is C12H11ClF3NO3S. The van der Waals surface area contributed by atoms with Crippen LogP contribution in [0.1, 0.15) is 5.69 Å². The fourth-order valence-corrected chi connectivity index (χ4v) is 1.63. The van der Waals surface area contributed by atoms with Crippen molar-refractivity contribution >= 4 is 32.6 Å². The number of rotatable bonds is 0. The Kier molecular flexibility index (Phi) is 5.19. The molecule has 21 heavy (non-hydrogen) atoms. The van der Waals surface area contributed by atoms with Crippen LogP contribution in [0.2, 0.25) is 5.02 Å². The maximum Gasteiger partial charge on any atom is 0.485 e. The predicted octanol–water partition coefficient (Wildman–Crippen LogP) is 2.68. The van der Waals surface area contributed by atoms with Gasteiger partial charge in [-0.2, -0.15) is 17.7 Å². The third-order valence-corrected chi connectivity index (χ3v) is 3.47. The van der Waals surface area contributed by atoms with Crippen LogP contribution in [0.4, 0.5) is 13.2 Å². The monoisotopic (exact) mass is 341 g/mol. The van der Waals surface area contributed by atoms with Crippen molar-refractivity contribution in [2.24, 2.45) is 7.05 Å². The van der Waals surface area contributed by atoms with Gasteiger partial charge >= 0.3 is 5.51 Å². The van der Waals surface area contributed by atoms with Crippen molar-refractivity contribution < 1.29 is 30.7 Å². The molecule has 1 heterocycles. The summed E-state index contributed by atoms with van der Waals surface area (Å²) in [6.07, 6.45) is 0. The van der Waals surface area contributed by atoms with Crippen molar-refractivity contribution in [3.05, 3.63) is 41.0 Å². The molecule has 2 rings (SSSR count). The van der Waals surface area contributed by atoms with Crippen LogP contribution in [0, 0.1) is 6.92 Å². The number of benzene rings is 1. The minimum atomic E-state index is -6.09. The van der Waals surface area contributed by atoms with Gasteiger partial charge in [0.25, 0.3) is 0 Å². The van der Waals surface area contributed by atoms with Gasteiger partial charge in [-0.1, -0.05) is 11.6 Å². The lowest BCUT2D eigenvalue weighted by atomic mass is 10.2. The van der Waals surface area contributed by atoms with Gasteiger partial charge in [0, 0.05) is 29.5 Å². The number of pyridine rings is 1. The number of aromatic nitrogens is 1. The summed E-state index contributed by atoms with van der Waals surface area (Å²) in [5.41, 5.74) is -3.24. The molecule has 9 heteroatoms. The molecule has 0 saturated carbocycles. The van der Waals surface area contributed by atoms with Gasteiger partial charge in [0.05, 0.1) is 0 Å². The molecule has 0 N–H and O–H groups in total. The fraction of sp³-hybridized carbons (Fsp3) is 0.250. The van der Waals surface area contributed by atoms with Crippen molar-refractivity contribution in [2.45, 2.75) is 12.4 Å². The third-order valence-electron chi connectivity index (χ3n) is 2.67. The van der Waals surface area contributed by atoms with E-state index in [2.05, 4.69) is 23.6 Å². The first-order valence-corrected chi connectivity index (χ1v) is 7.29. The molecule has 1 aromatic carbocycles. The van der Waals surface area contributed by atoms with Gasteiger partial charge in [-0.3, -0.25) is 0 Å². The first-order valence-electron chi connectivity index (χ1n) is 5.50. The molecule has 0 aliphatic rings. The molecule has 2 aromatic rings. The van der Waals surface area contributed by atoms with Gasteiger partial charge in [0.1, 0.15) is 7.05 Å². The molecule has 0 atom stereocenters. The first kappa shape index (κ1) is 17.7. The Hall–Kier alpha value is -1.38. The second kappa shape index (κ2) is 6.17. The highest BCUT2D eigenvalue weighted by Crippen LogP contribution is 2.20. The molecule has 4 nitrogen and oxygen atoms in total. The van der Waals surface area contributed by atoms with E-state index < -0.39 is 15.6 Å². The van der Waals surface area contributed by atoms with E-state index in [1.807, 2.05) is 25.2 Å². The van der Waals surface area contributed by atoms with Crippen LogP contribution < -0.4 is 4.57 Å². The van der Waals surface area contributed by atoms with E-state index in [1.165, 1.54) is 16.6 Å². The molecule has 0 radical (unpaired) electrons. The first-order chi connectivity index (χ1) is 9.43. The quantitative estimate of drug-likeness (QED) is 0.420. The summed E-state index contributed by atoms with van der Waals surface area (Å²) >= 11 is 5.93. The van der Waals surface area contributed by atoms with E-state index >= 15 is 0 Å². The van der Waals surface area contributed by atoms with E-state index in [9.17, 15) is 13.2 Å². The van der Waals surface area contributed by atoms with Crippen molar-refractivity contribution in [3.63, 3.8) is 0 Å². The van der Waals surface area contributed by atoms with E-state index in [1.54, 1.807) is 0 Å². The third kappa shape index (κ3) is 4.55. The van der Waals surface area contributed by atoms with Crippen molar-refractivity contribution in [2.75, 3.05) is 0 Å². The van der Waals surface area contributed by atoms with Crippen LogP contribution in [-0.4, -0.2) is 18.5 Å². The number of nitrogens with zero attached hydrogens (tertiary/aromatic N) is 1. The van der Waals surface area contributed by atoms with Crippen LogP contribution >= 0.6 is 11.6 Å². The second-order valence-electron chi connectivity index (χ2n) is 4.14. The van der Waals surface area contributed by atoms with Crippen molar-refractivity contribution in [1.82, 2.24) is 0 Å². The molecule has 0 unspecified atom stereocenters. The van der Waals surface area contributed by atoms with Gasteiger partial charge in [-0.25, -0.2) is 8.42 Å². The van der Waals surface area contributed by atoms with Gasteiger partial charge in [0.2, 0.25) is 5.52 Å². The van der Waals surface area contributed by atoms with Gasteiger partial charge in [-0.05, 0) is 18.2 Å². The van der Waals surface area contributed by atoms with Gasteiger partial charge in [0.15, 0.2) is 15.8 Å². The number of hydrogen-bond donors (Lipinski definition) is 0. The molecule has 0 aliphatic heterocycles. The van der Waals surface area contributed by atoms with Crippen LogP contribution in [-0.2, 0) is 17.2 Å². The molecule has 0 spiro atoms. The van der Waals surface area contributed by atoms with Crippen LogP contribution in [0.3, 0.4) is 0 Å². The summed E-state index contributed by atoms with van der Waals surface area (Å²) in [6.45, 7) is 2.08. The number of alkyl halides is 3. The molecule has 1 aromatic heterocycles. The smallest absolute Gasteiger partial charge is 0.485 e. The molecule has 0 amide bonds. The maximum absolute atomic E-state index is 10.7. The normalized spacial score (nSPS) is 12.0. The molecule has 0 bridgehead atoms.